The first-order chi connectivity index (χ1) is 6.97. The van der Waals surface area contributed by atoms with Crippen molar-refractivity contribution in [2.24, 2.45) is 0 Å². The topological polar surface area (TPSA) is 58.6 Å². The first-order valence-electron chi connectivity index (χ1n) is 5.03. The highest BCUT2D eigenvalue weighted by atomic mass is 16.5. The zero-order chi connectivity index (χ0) is 11.5. The van der Waals surface area contributed by atoms with Gasteiger partial charge in [-0.25, -0.2) is 0 Å². The van der Waals surface area contributed by atoms with Gasteiger partial charge in [-0.1, -0.05) is 0 Å². The lowest BCUT2D eigenvalue weighted by atomic mass is 10.0. The molecule has 0 unspecified atom stereocenters. The van der Waals surface area contributed by atoms with Gasteiger partial charge in [0.15, 0.2) is 0 Å². The fourth-order valence-corrected chi connectivity index (χ4v) is 1.77. The predicted octanol–water partition coefficient (Wildman–Crippen LogP) is -0.240. The lowest BCUT2D eigenvalue weighted by Gasteiger charge is -2.37. The van der Waals surface area contributed by atoms with Gasteiger partial charge in [-0.3, -0.25) is 9.59 Å². The summed E-state index contributed by atoms with van der Waals surface area (Å²) in [4.78, 5) is 24.6. The highest BCUT2D eigenvalue weighted by Crippen LogP contribution is 2.16. The molecule has 0 atom stereocenters. The molecule has 5 nitrogen and oxygen atoms in total. The maximum Gasteiger partial charge on any atom is 0.242 e. The first kappa shape index (κ1) is 12.0. The average molecular weight is 214 g/mol. The molecule has 15 heavy (non-hydrogen) atoms. The Balaban J connectivity index is 2.74. The summed E-state index contributed by atoms with van der Waals surface area (Å²) in [7, 11) is 1.60. The summed E-state index contributed by atoms with van der Waals surface area (Å²) in [5, 5.41) is 2.57. The van der Waals surface area contributed by atoms with Crippen LogP contribution < -0.4 is 5.32 Å². The summed E-state index contributed by atoms with van der Waals surface area (Å²) in [6.07, 6.45) is 0.360. The van der Waals surface area contributed by atoms with Crippen LogP contribution in [0.5, 0.6) is 0 Å². The zero-order valence-electron chi connectivity index (χ0n) is 9.50. The summed E-state index contributed by atoms with van der Waals surface area (Å²) < 4.78 is 5.08. The van der Waals surface area contributed by atoms with Crippen LogP contribution in [0.3, 0.4) is 0 Å². The molecular formula is C10H18N2O3. The maximum absolute atomic E-state index is 11.7. The lowest BCUT2D eigenvalue weighted by molar-refractivity contribution is -0.136. The fraction of sp³-hybridized carbons (Fsp3) is 0.800. The van der Waals surface area contributed by atoms with Gasteiger partial charge in [-0.15, -0.1) is 0 Å². The van der Waals surface area contributed by atoms with Crippen LogP contribution in [0, 0.1) is 0 Å². The quantitative estimate of drug-likeness (QED) is 0.705. The Kier molecular flexibility index (Phi) is 3.68. The van der Waals surface area contributed by atoms with E-state index in [2.05, 4.69) is 5.32 Å². The monoisotopic (exact) mass is 214 g/mol. The fourth-order valence-electron chi connectivity index (χ4n) is 1.77. The van der Waals surface area contributed by atoms with E-state index in [9.17, 15) is 9.59 Å². The Morgan fingerprint density at radius 3 is 2.73 bits per heavy atom. The smallest absolute Gasteiger partial charge is 0.242 e. The molecule has 0 bridgehead atoms. The van der Waals surface area contributed by atoms with Gasteiger partial charge in [0.2, 0.25) is 11.8 Å². The van der Waals surface area contributed by atoms with Crippen molar-refractivity contribution in [3.05, 3.63) is 0 Å². The van der Waals surface area contributed by atoms with Crippen LogP contribution in [-0.4, -0.2) is 49.1 Å². The molecule has 0 aromatic rings. The van der Waals surface area contributed by atoms with E-state index in [4.69, 9.17) is 4.74 Å². The molecule has 0 aromatic heterocycles. The van der Waals surface area contributed by atoms with Crippen molar-refractivity contribution in [2.45, 2.75) is 25.8 Å². The Labute approximate surface area is 89.8 Å². The Morgan fingerprint density at radius 1 is 1.47 bits per heavy atom. The summed E-state index contributed by atoms with van der Waals surface area (Å²) in [6.45, 7) is 4.88. The van der Waals surface area contributed by atoms with Gasteiger partial charge >= 0.3 is 0 Å². The van der Waals surface area contributed by atoms with Crippen LogP contribution >= 0.6 is 0 Å². The van der Waals surface area contributed by atoms with Crippen molar-refractivity contribution >= 4 is 11.8 Å². The SMILES string of the molecule is COCC(C)(C)N1CCC(=O)NCC1=O. The van der Waals surface area contributed by atoms with E-state index in [1.807, 2.05) is 13.8 Å². The maximum atomic E-state index is 11.7. The highest BCUT2D eigenvalue weighted by Gasteiger charge is 2.32. The van der Waals surface area contributed by atoms with Crippen LogP contribution in [0.4, 0.5) is 0 Å². The van der Waals surface area contributed by atoms with Gasteiger partial charge < -0.3 is 15.0 Å². The molecule has 86 valence electrons. The molecule has 1 rings (SSSR count). The van der Waals surface area contributed by atoms with E-state index in [0.29, 0.717) is 19.6 Å². The Morgan fingerprint density at radius 2 is 2.13 bits per heavy atom. The van der Waals surface area contributed by atoms with Gasteiger partial charge in [-0.05, 0) is 13.8 Å². The molecule has 0 saturated carbocycles. The number of methoxy groups -OCH3 is 1. The third kappa shape index (κ3) is 2.92. The summed E-state index contributed by atoms with van der Waals surface area (Å²) in [5.41, 5.74) is -0.363. The molecule has 1 saturated heterocycles. The van der Waals surface area contributed by atoms with Gasteiger partial charge in [0, 0.05) is 20.1 Å². The van der Waals surface area contributed by atoms with E-state index >= 15 is 0 Å². The summed E-state index contributed by atoms with van der Waals surface area (Å²) in [5.74, 6) is -0.123. The third-order valence-corrected chi connectivity index (χ3v) is 2.53. The molecule has 0 aromatic carbocycles. The molecule has 0 aliphatic carbocycles. The molecule has 2 amide bonds. The van der Waals surface area contributed by atoms with Crippen LogP contribution in [0.15, 0.2) is 0 Å². The molecular weight excluding hydrogens is 196 g/mol. The van der Waals surface area contributed by atoms with Crippen molar-refractivity contribution in [1.29, 1.82) is 0 Å². The van der Waals surface area contributed by atoms with E-state index in [1.54, 1.807) is 12.0 Å². The zero-order valence-corrected chi connectivity index (χ0v) is 9.50. The number of nitrogens with one attached hydrogen (secondary N) is 1. The second-order valence-electron chi connectivity index (χ2n) is 4.32. The number of nitrogens with zero attached hydrogens (tertiary/aromatic N) is 1. The van der Waals surface area contributed by atoms with Crippen LogP contribution in [-0.2, 0) is 14.3 Å². The van der Waals surface area contributed by atoms with Crippen molar-refractivity contribution in [1.82, 2.24) is 10.2 Å². The van der Waals surface area contributed by atoms with E-state index in [0.717, 1.165) is 0 Å². The minimum Gasteiger partial charge on any atom is -0.382 e. The summed E-state index contributed by atoms with van der Waals surface area (Å²) in [6, 6.07) is 0. The van der Waals surface area contributed by atoms with Gasteiger partial charge in [-0.2, -0.15) is 0 Å². The third-order valence-electron chi connectivity index (χ3n) is 2.53. The second-order valence-corrected chi connectivity index (χ2v) is 4.32. The predicted molar refractivity (Wildman–Crippen MR) is 55.3 cm³/mol. The molecule has 0 radical (unpaired) electrons. The second kappa shape index (κ2) is 4.61. The first-order valence-corrected chi connectivity index (χ1v) is 5.03. The molecule has 5 heteroatoms. The Bertz CT molecular complexity index is 263. The van der Waals surface area contributed by atoms with Crippen LogP contribution in [0.25, 0.3) is 0 Å². The van der Waals surface area contributed by atoms with Crippen molar-refractivity contribution < 1.29 is 14.3 Å². The van der Waals surface area contributed by atoms with Crippen molar-refractivity contribution in [3.8, 4) is 0 Å². The van der Waals surface area contributed by atoms with E-state index in [-0.39, 0.29) is 23.9 Å². The molecule has 1 fully saturated rings. The number of amides is 2. The number of ether oxygens (including phenoxy) is 1. The lowest BCUT2D eigenvalue weighted by Crippen LogP contribution is -2.51. The van der Waals surface area contributed by atoms with Crippen molar-refractivity contribution in [2.75, 3.05) is 26.8 Å². The van der Waals surface area contributed by atoms with Gasteiger partial charge in [0.1, 0.15) is 0 Å². The average Bonchev–Trinajstić information content (AvgIpc) is 2.29. The van der Waals surface area contributed by atoms with Crippen LogP contribution in [0.2, 0.25) is 0 Å². The van der Waals surface area contributed by atoms with Crippen molar-refractivity contribution in [3.63, 3.8) is 0 Å². The minimum atomic E-state index is -0.363. The number of carbonyl (C=O) groups is 2. The molecule has 1 aliphatic rings. The van der Waals surface area contributed by atoms with E-state index < -0.39 is 0 Å². The summed E-state index contributed by atoms with van der Waals surface area (Å²) >= 11 is 0. The minimum absolute atomic E-state index is 0.0529. The van der Waals surface area contributed by atoms with E-state index in [1.165, 1.54) is 0 Å². The standard InChI is InChI=1S/C10H18N2O3/c1-10(2,7-15-3)12-5-4-8(13)11-6-9(12)14/h4-7H2,1-3H3,(H,11,13). The molecule has 1 aliphatic heterocycles. The highest BCUT2D eigenvalue weighted by molar-refractivity contribution is 5.87. The largest absolute Gasteiger partial charge is 0.382 e. The van der Waals surface area contributed by atoms with Gasteiger partial charge in [0.05, 0.1) is 18.7 Å². The molecule has 1 heterocycles. The normalized spacial score (nSPS) is 18.7. The molecule has 1 N–H and O–H groups in total. The van der Waals surface area contributed by atoms with Crippen LogP contribution in [0.1, 0.15) is 20.3 Å². The molecule has 0 spiro atoms. The Hall–Kier alpha value is -1.10. The number of hydrogen-bond acceptors (Lipinski definition) is 3. The van der Waals surface area contributed by atoms with Gasteiger partial charge in [0.25, 0.3) is 0 Å². The number of hydrogen-bond donors (Lipinski definition) is 1. The number of rotatable bonds is 3. The number of carbonyl (C=O) groups excluding carboxylic acids is 2.